The molecule has 3 nitrogen and oxygen atoms in total. The van der Waals surface area contributed by atoms with Crippen LogP contribution >= 0.6 is 15.9 Å². The molecule has 0 amide bonds. The van der Waals surface area contributed by atoms with Gasteiger partial charge in [-0.3, -0.25) is 0 Å². The quantitative estimate of drug-likeness (QED) is 0.899. The summed E-state index contributed by atoms with van der Waals surface area (Å²) in [6.07, 6.45) is 1.87. The molecule has 0 fully saturated rings. The van der Waals surface area contributed by atoms with E-state index in [2.05, 4.69) is 50.7 Å². The summed E-state index contributed by atoms with van der Waals surface area (Å²) in [7, 11) is 0. The molecular weight excluding hydrogens is 328 g/mol. The van der Waals surface area contributed by atoms with Crippen LogP contribution in [-0.4, -0.2) is 12.3 Å². The fourth-order valence-corrected chi connectivity index (χ4v) is 3.51. The normalized spacial score (nSPS) is 19.7. The highest BCUT2D eigenvalue weighted by Crippen LogP contribution is 2.39. The maximum atomic E-state index is 5.83. The Bertz CT molecular complexity index is 712. The van der Waals surface area contributed by atoms with E-state index in [0.717, 1.165) is 35.4 Å². The van der Waals surface area contributed by atoms with Crippen molar-refractivity contribution in [3.63, 3.8) is 0 Å². The number of rotatable bonds is 2. The lowest BCUT2D eigenvalue weighted by molar-refractivity contribution is 0.349. The van der Waals surface area contributed by atoms with E-state index < -0.39 is 0 Å². The molecule has 2 aromatic rings. The molecule has 1 unspecified atom stereocenters. The van der Waals surface area contributed by atoms with Gasteiger partial charge < -0.3 is 10.2 Å². The monoisotopic (exact) mass is 342 g/mol. The van der Waals surface area contributed by atoms with Crippen molar-refractivity contribution in [2.45, 2.75) is 18.9 Å². The van der Waals surface area contributed by atoms with Gasteiger partial charge in [0.15, 0.2) is 0 Å². The highest BCUT2D eigenvalue weighted by atomic mass is 79.9. The summed E-state index contributed by atoms with van der Waals surface area (Å²) in [4.78, 5) is 0. The fourth-order valence-electron chi connectivity index (χ4n) is 2.99. The third kappa shape index (κ3) is 2.33. The number of fused-ring (bicyclic) bond motifs is 1. The second-order valence-electron chi connectivity index (χ2n) is 5.39. The second kappa shape index (κ2) is 5.19. The summed E-state index contributed by atoms with van der Waals surface area (Å²) in [5.74, 6) is 1.04. The van der Waals surface area contributed by atoms with Crippen molar-refractivity contribution in [2.75, 3.05) is 6.61 Å². The molecule has 0 bridgehead atoms. The number of benzene rings is 2. The zero-order valence-corrected chi connectivity index (χ0v) is 13.1. The van der Waals surface area contributed by atoms with Crippen LogP contribution in [0.15, 0.2) is 52.0 Å². The maximum Gasteiger partial charge on any atom is 0.128 e. The van der Waals surface area contributed by atoms with Gasteiger partial charge in [-0.15, -0.1) is 0 Å². The van der Waals surface area contributed by atoms with Gasteiger partial charge in [0.05, 0.1) is 18.4 Å². The molecule has 4 rings (SSSR count). The molecule has 0 spiro atoms. The van der Waals surface area contributed by atoms with E-state index in [1.165, 1.54) is 16.7 Å². The van der Waals surface area contributed by atoms with Crippen LogP contribution in [0.5, 0.6) is 5.75 Å². The summed E-state index contributed by atoms with van der Waals surface area (Å²) in [5, 5.41) is 4.51. The molecule has 2 aliphatic heterocycles. The van der Waals surface area contributed by atoms with Crippen LogP contribution < -0.4 is 10.2 Å². The van der Waals surface area contributed by atoms with Crippen molar-refractivity contribution in [2.24, 2.45) is 5.10 Å². The predicted octanol–water partition coefficient (Wildman–Crippen LogP) is 3.82. The van der Waals surface area contributed by atoms with Gasteiger partial charge in [-0.25, -0.2) is 0 Å². The van der Waals surface area contributed by atoms with Gasteiger partial charge in [0.25, 0.3) is 0 Å². The van der Waals surface area contributed by atoms with E-state index in [-0.39, 0.29) is 6.04 Å². The zero-order valence-electron chi connectivity index (χ0n) is 11.5. The van der Waals surface area contributed by atoms with Crippen molar-refractivity contribution >= 4 is 21.6 Å². The molecule has 0 saturated heterocycles. The average molecular weight is 343 g/mol. The number of hydrogen-bond acceptors (Lipinski definition) is 3. The molecule has 0 radical (unpaired) electrons. The summed E-state index contributed by atoms with van der Waals surface area (Å²) in [6, 6.07) is 14.8. The van der Waals surface area contributed by atoms with Crippen molar-refractivity contribution in [3.05, 3.63) is 63.6 Å². The molecule has 0 aromatic heterocycles. The zero-order chi connectivity index (χ0) is 14.2. The van der Waals surface area contributed by atoms with Crippen LogP contribution in [0.1, 0.15) is 29.2 Å². The lowest BCUT2D eigenvalue weighted by Crippen LogP contribution is -2.11. The van der Waals surface area contributed by atoms with E-state index in [9.17, 15) is 0 Å². The number of ether oxygens (including phenoxy) is 1. The largest absolute Gasteiger partial charge is 0.493 e. The molecule has 0 aliphatic carbocycles. The Hall–Kier alpha value is -1.81. The van der Waals surface area contributed by atoms with E-state index in [4.69, 9.17) is 4.74 Å². The van der Waals surface area contributed by atoms with Crippen molar-refractivity contribution in [1.29, 1.82) is 0 Å². The Morgan fingerprint density at radius 3 is 2.90 bits per heavy atom. The first-order chi connectivity index (χ1) is 10.3. The van der Waals surface area contributed by atoms with Gasteiger partial charge in [0.1, 0.15) is 5.75 Å². The molecule has 2 aliphatic rings. The smallest absolute Gasteiger partial charge is 0.128 e. The fraction of sp³-hybridized carbons (Fsp3) is 0.235. The van der Waals surface area contributed by atoms with Gasteiger partial charge in [-0.05, 0) is 23.3 Å². The minimum absolute atomic E-state index is 0.185. The second-order valence-corrected chi connectivity index (χ2v) is 6.31. The van der Waals surface area contributed by atoms with E-state index in [0.29, 0.717) is 0 Å². The highest BCUT2D eigenvalue weighted by Gasteiger charge is 2.27. The van der Waals surface area contributed by atoms with Crippen molar-refractivity contribution < 1.29 is 4.74 Å². The molecule has 1 N–H and O–H groups in total. The number of hydrogen-bond donors (Lipinski definition) is 1. The van der Waals surface area contributed by atoms with Crippen molar-refractivity contribution in [3.8, 4) is 5.75 Å². The van der Waals surface area contributed by atoms with Crippen molar-refractivity contribution in [1.82, 2.24) is 5.43 Å². The third-order valence-corrected chi connectivity index (χ3v) is 4.47. The van der Waals surface area contributed by atoms with Crippen LogP contribution in [0.4, 0.5) is 0 Å². The van der Waals surface area contributed by atoms with E-state index in [1.54, 1.807) is 0 Å². The molecule has 2 heterocycles. The van der Waals surface area contributed by atoms with Gasteiger partial charge in [-0.1, -0.05) is 46.3 Å². The Labute approximate surface area is 132 Å². The molecular formula is C17H15BrN2O. The van der Waals surface area contributed by atoms with Crippen LogP contribution in [0.2, 0.25) is 0 Å². The summed E-state index contributed by atoms with van der Waals surface area (Å²) in [6.45, 7) is 0.776. The van der Waals surface area contributed by atoms with Crippen LogP contribution in [0, 0.1) is 0 Å². The number of halogens is 1. The summed E-state index contributed by atoms with van der Waals surface area (Å²) < 4.78 is 6.93. The Morgan fingerprint density at radius 2 is 2.05 bits per heavy atom. The predicted molar refractivity (Wildman–Crippen MR) is 86.8 cm³/mol. The number of nitrogens with one attached hydrogen (secondary N) is 1. The summed E-state index contributed by atoms with van der Waals surface area (Å²) in [5.41, 5.74) is 8.04. The standard InChI is InChI=1S/C17H15BrN2O/c18-13-8-12-6-7-21-17(12)14(9-13)16-10-15(19-20-16)11-4-2-1-3-5-11/h1-5,8-9,16,20H,6-7,10H2. The number of nitrogens with zero attached hydrogens (tertiary/aromatic N) is 1. The maximum absolute atomic E-state index is 5.83. The minimum atomic E-state index is 0.185. The molecule has 4 heteroatoms. The molecule has 21 heavy (non-hydrogen) atoms. The Balaban J connectivity index is 1.63. The first kappa shape index (κ1) is 12.9. The first-order valence-electron chi connectivity index (χ1n) is 7.14. The SMILES string of the molecule is Brc1cc2c(c(C3CC(c4ccccc4)=NN3)c1)OCC2. The first-order valence-corrected chi connectivity index (χ1v) is 7.93. The van der Waals surface area contributed by atoms with Crippen LogP contribution in [-0.2, 0) is 6.42 Å². The van der Waals surface area contributed by atoms with Gasteiger partial charge in [-0.2, -0.15) is 5.10 Å². The van der Waals surface area contributed by atoms with E-state index in [1.807, 2.05) is 18.2 Å². The molecule has 106 valence electrons. The lowest BCUT2D eigenvalue weighted by atomic mass is 9.97. The van der Waals surface area contributed by atoms with Gasteiger partial charge >= 0.3 is 0 Å². The summed E-state index contributed by atoms with van der Waals surface area (Å²) >= 11 is 3.60. The average Bonchev–Trinajstić information content (AvgIpc) is 3.16. The minimum Gasteiger partial charge on any atom is -0.493 e. The van der Waals surface area contributed by atoms with Crippen LogP contribution in [0.25, 0.3) is 0 Å². The lowest BCUT2D eigenvalue weighted by Gasteiger charge is -2.15. The van der Waals surface area contributed by atoms with Gasteiger partial charge in [0.2, 0.25) is 0 Å². The number of hydrazone groups is 1. The Morgan fingerprint density at radius 1 is 1.19 bits per heavy atom. The van der Waals surface area contributed by atoms with E-state index >= 15 is 0 Å². The third-order valence-electron chi connectivity index (χ3n) is 4.01. The Kier molecular flexibility index (Phi) is 3.19. The molecule has 2 aromatic carbocycles. The topological polar surface area (TPSA) is 33.6 Å². The van der Waals surface area contributed by atoms with Gasteiger partial charge in [0, 0.05) is 22.9 Å². The molecule has 0 saturated carbocycles. The van der Waals surface area contributed by atoms with Crippen LogP contribution in [0.3, 0.4) is 0 Å². The molecule has 1 atom stereocenters. The highest BCUT2D eigenvalue weighted by molar-refractivity contribution is 9.10.